The quantitative estimate of drug-likeness (QED) is 0.835. The van der Waals surface area contributed by atoms with Crippen LogP contribution in [0.25, 0.3) is 0 Å². The van der Waals surface area contributed by atoms with Crippen molar-refractivity contribution in [3.05, 3.63) is 71.8 Å². The summed E-state index contributed by atoms with van der Waals surface area (Å²) < 4.78 is 5.50. The Morgan fingerprint density at radius 1 is 0.870 bits per heavy atom. The van der Waals surface area contributed by atoms with Gasteiger partial charge in [0.15, 0.2) is 0 Å². The number of ether oxygens (including phenoxy) is 1. The lowest BCUT2D eigenvalue weighted by Crippen LogP contribution is -2.58. The molecule has 0 aromatic heterocycles. The standard InChI is InChI=1S/C21H25NO/c1-3-8-18(9-4-1)14-21(15-19-10-5-2-6-11-19)12-7-13-22(21)20-16-23-17-20/h1-6,8-11,20H,7,12-17H2. The SMILES string of the molecule is c1ccc(CC2(Cc3ccccc3)CCCN2C2COC2)cc1. The first-order chi connectivity index (χ1) is 11.4. The molecule has 0 aliphatic carbocycles. The lowest BCUT2D eigenvalue weighted by atomic mass is 9.81. The van der Waals surface area contributed by atoms with Crippen molar-refractivity contribution in [1.82, 2.24) is 4.90 Å². The normalized spacial score (nSPS) is 21.2. The molecule has 0 N–H and O–H groups in total. The molecule has 0 saturated carbocycles. The van der Waals surface area contributed by atoms with Crippen molar-refractivity contribution in [2.24, 2.45) is 0 Å². The summed E-state index contributed by atoms with van der Waals surface area (Å²) in [5.74, 6) is 0. The van der Waals surface area contributed by atoms with Crippen LogP contribution in [0.2, 0.25) is 0 Å². The zero-order chi connectivity index (χ0) is 15.5. The molecule has 2 aliphatic rings. The minimum Gasteiger partial charge on any atom is -0.378 e. The summed E-state index contributed by atoms with van der Waals surface area (Å²) in [5, 5.41) is 0. The van der Waals surface area contributed by atoms with Crippen LogP contribution in [-0.2, 0) is 17.6 Å². The van der Waals surface area contributed by atoms with Gasteiger partial charge < -0.3 is 4.74 Å². The molecule has 2 aromatic rings. The van der Waals surface area contributed by atoms with Crippen molar-refractivity contribution in [2.75, 3.05) is 19.8 Å². The van der Waals surface area contributed by atoms with E-state index in [2.05, 4.69) is 65.6 Å². The fourth-order valence-electron chi connectivity index (χ4n) is 4.33. The third-order valence-electron chi connectivity index (χ3n) is 5.46. The number of likely N-dealkylation sites (tertiary alicyclic amines) is 1. The van der Waals surface area contributed by atoms with Gasteiger partial charge in [0.1, 0.15) is 0 Å². The van der Waals surface area contributed by atoms with E-state index >= 15 is 0 Å². The predicted octanol–water partition coefficient (Wildman–Crippen LogP) is 3.71. The van der Waals surface area contributed by atoms with E-state index in [-0.39, 0.29) is 5.54 Å². The first-order valence-electron chi connectivity index (χ1n) is 8.78. The highest BCUT2D eigenvalue weighted by atomic mass is 16.5. The molecule has 2 heteroatoms. The minimum atomic E-state index is 0.247. The maximum atomic E-state index is 5.50. The third kappa shape index (κ3) is 3.06. The smallest absolute Gasteiger partial charge is 0.0645 e. The maximum absolute atomic E-state index is 5.50. The molecule has 2 aliphatic heterocycles. The van der Waals surface area contributed by atoms with Crippen LogP contribution in [0.15, 0.2) is 60.7 Å². The Morgan fingerprint density at radius 2 is 1.43 bits per heavy atom. The monoisotopic (exact) mass is 307 g/mol. The first-order valence-corrected chi connectivity index (χ1v) is 8.78. The number of hydrogen-bond acceptors (Lipinski definition) is 2. The van der Waals surface area contributed by atoms with Gasteiger partial charge in [-0.3, -0.25) is 4.90 Å². The van der Waals surface area contributed by atoms with Crippen LogP contribution < -0.4 is 0 Å². The lowest BCUT2D eigenvalue weighted by Gasteiger charge is -2.46. The van der Waals surface area contributed by atoms with E-state index in [1.165, 1.54) is 30.5 Å². The Hall–Kier alpha value is -1.64. The number of hydrogen-bond donors (Lipinski definition) is 0. The molecular weight excluding hydrogens is 282 g/mol. The molecule has 0 bridgehead atoms. The van der Waals surface area contributed by atoms with Crippen LogP contribution in [0, 0.1) is 0 Å². The van der Waals surface area contributed by atoms with Crippen LogP contribution >= 0.6 is 0 Å². The van der Waals surface area contributed by atoms with E-state index in [0.717, 1.165) is 26.1 Å². The van der Waals surface area contributed by atoms with Gasteiger partial charge in [-0.1, -0.05) is 60.7 Å². The van der Waals surface area contributed by atoms with E-state index in [0.29, 0.717) is 6.04 Å². The zero-order valence-corrected chi connectivity index (χ0v) is 13.7. The molecule has 0 spiro atoms. The summed E-state index contributed by atoms with van der Waals surface area (Å²) in [6.45, 7) is 3.03. The fraction of sp³-hybridized carbons (Fsp3) is 0.429. The lowest BCUT2D eigenvalue weighted by molar-refractivity contribution is -0.0905. The zero-order valence-electron chi connectivity index (χ0n) is 13.7. The molecule has 0 amide bonds. The van der Waals surface area contributed by atoms with E-state index in [4.69, 9.17) is 4.74 Å². The summed E-state index contributed by atoms with van der Waals surface area (Å²) in [7, 11) is 0. The van der Waals surface area contributed by atoms with Crippen molar-refractivity contribution < 1.29 is 4.74 Å². The summed E-state index contributed by atoms with van der Waals surface area (Å²) in [6.07, 6.45) is 4.86. The van der Waals surface area contributed by atoms with Crippen molar-refractivity contribution in [3.8, 4) is 0 Å². The van der Waals surface area contributed by atoms with Gasteiger partial charge in [-0.2, -0.15) is 0 Å². The van der Waals surface area contributed by atoms with Gasteiger partial charge in [0.2, 0.25) is 0 Å². The number of benzene rings is 2. The topological polar surface area (TPSA) is 12.5 Å². The summed E-state index contributed by atoms with van der Waals surface area (Å²) in [4.78, 5) is 2.76. The highest BCUT2D eigenvalue weighted by Gasteiger charge is 2.45. The molecule has 2 saturated heterocycles. The Kier molecular flexibility index (Phi) is 4.19. The van der Waals surface area contributed by atoms with Crippen molar-refractivity contribution in [2.45, 2.75) is 37.3 Å². The van der Waals surface area contributed by atoms with Crippen LogP contribution in [0.3, 0.4) is 0 Å². The number of nitrogens with zero attached hydrogens (tertiary/aromatic N) is 1. The van der Waals surface area contributed by atoms with Crippen LogP contribution in [0.1, 0.15) is 24.0 Å². The molecule has 2 aromatic carbocycles. The molecular formula is C21H25NO. The predicted molar refractivity (Wildman–Crippen MR) is 93.6 cm³/mol. The Morgan fingerprint density at radius 3 is 1.91 bits per heavy atom. The average Bonchev–Trinajstić information content (AvgIpc) is 2.91. The first kappa shape index (κ1) is 14.9. The van der Waals surface area contributed by atoms with Gasteiger partial charge in [0, 0.05) is 5.54 Å². The second-order valence-corrected chi connectivity index (χ2v) is 7.04. The molecule has 0 radical (unpaired) electrons. The number of rotatable bonds is 5. The fourth-order valence-corrected chi connectivity index (χ4v) is 4.33. The van der Waals surface area contributed by atoms with Gasteiger partial charge in [-0.15, -0.1) is 0 Å². The third-order valence-corrected chi connectivity index (χ3v) is 5.46. The molecule has 120 valence electrons. The highest BCUT2D eigenvalue weighted by molar-refractivity contribution is 5.24. The second-order valence-electron chi connectivity index (χ2n) is 7.04. The molecule has 2 heterocycles. The molecule has 0 atom stereocenters. The highest BCUT2D eigenvalue weighted by Crippen LogP contribution is 2.38. The molecule has 4 rings (SSSR count). The molecule has 2 fully saturated rings. The van der Waals surface area contributed by atoms with Crippen LogP contribution in [-0.4, -0.2) is 36.2 Å². The second kappa shape index (κ2) is 6.46. The van der Waals surface area contributed by atoms with Gasteiger partial charge in [-0.05, 0) is 43.4 Å². The van der Waals surface area contributed by atoms with E-state index in [1.807, 2.05) is 0 Å². The van der Waals surface area contributed by atoms with E-state index < -0.39 is 0 Å². The van der Waals surface area contributed by atoms with Gasteiger partial charge in [0.25, 0.3) is 0 Å². The summed E-state index contributed by atoms with van der Waals surface area (Å²) >= 11 is 0. The van der Waals surface area contributed by atoms with Gasteiger partial charge >= 0.3 is 0 Å². The Balaban J connectivity index is 1.64. The Labute approximate surface area is 139 Å². The van der Waals surface area contributed by atoms with Crippen molar-refractivity contribution in [1.29, 1.82) is 0 Å². The van der Waals surface area contributed by atoms with Crippen molar-refractivity contribution >= 4 is 0 Å². The van der Waals surface area contributed by atoms with E-state index in [1.54, 1.807) is 0 Å². The maximum Gasteiger partial charge on any atom is 0.0645 e. The average molecular weight is 307 g/mol. The molecule has 23 heavy (non-hydrogen) atoms. The van der Waals surface area contributed by atoms with Gasteiger partial charge in [0.05, 0.1) is 19.3 Å². The molecule has 0 unspecified atom stereocenters. The van der Waals surface area contributed by atoms with Crippen LogP contribution in [0.5, 0.6) is 0 Å². The summed E-state index contributed by atoms with van der Waals surface area (Å²) in [6, 6.07) is 22.6. The Bertz CT molecular complexity index is 579. The van der Waals surface area contributed by atoms with E-state index in [9.17, 15) is 0 Å². The summed E-state index contributed by atoms with van der Waals surface area (Å²) in [5.41, 5.74) is 3.16. The molecule has 2 nitrogen and oxygen atoms in total. The van der Waals surface area contributed by atoms with Gasteiger partial charge in [-0.25, -0.2) is 0 Å². The minimum absolute atomic E-state index is 0.247. The van der Waals surface area contributed by atoms with Crippen LogP contribution in [0.4, 0.5) is 0 Å². The largest absolute Gasteiger partial charge is 0.378 e. The van der Waals surface area contributed by atoms with Crippen molar-refractivity contribution in [3.63, 3.8) is 0 Å².